The van der Waals surface area contributed by atoms with Gasteiger partial charge in [0, 0.05) is 18.3 Å². The minimum atomic E-state index is -0.380. The van der Waals surface area contributed by atoms with Gasteiger partial charge in [0.1, 0.15) is 5.82 Å². The molecule has 0 aliphatic heterocycles. The number of methoxy groups -OCH3 is 1. The number of hydrogen-bond donors (Lipinski definition) is 3. The van der Waals surface area contributed by atoms with E-state index in [9.17, 15) is 4.79 Å². The number of aryl methyl sites for hydroxylation is 1. The van der Waals surface area contributed by atoms with Crippen LogP contribution in [0.1, 0.15) is 30.7 Å². The molecule has 1 fully saturated rings. The summed E-state index contributed by atoms with van der Waals surface area (Å²) in [7, 11) is 1.37. The second kappa shape index (κ2) is 8.66. The highest BCUT2D eigenvalue weighted by molar-refractivity contribution is 5.66. The minimum Gasteiger partial charge on any atom is -0.453 e. The van der Waals surface area contributed by atoms with Gasteiger partial charge in [-0.3, -0.25) is 5.10 Å². The Kier molecular flexibility index (Phi) is 6.06. The molecule has 0 spiro atoms. The first kappa shape index (κ1) is 18.2. The second-order valence-electron chi connectivity index (χ2n) is 6.56. The molecule has 3 rings (SSSR count). The lowest BCUT2D eigenvalue weighted by molar-refractivity contribution is 0.0411. The number of rotatable bonds is 7. The molecule has 0 saturated heterocycles. The molecule has 1 saturated carbocycles. The van der Waals surface area contributed by atoms with E-state index in [1.165, 1.54) is 7.11 Å². The van der Waals surface area contributed by atoms with Crippen molar-refractivity contribution in [2.24, 2.45) is 5.92 Å². The summed E-state index contributed by atoms with van der Waals surface area (Å²) in [5.41, 5.74) is 1.86. The van der Waals surface area contributed by atoms with E-state index in [2.05, 4.69) is 30.6 Å². The number of amides is 1. The van der Waals surface area contributed by atoms with Crippen LogP contribution >= 0.6 is 0 Å². The molecule has 26 heavy (non-hydrogen) atoms. The first-order valence-corrected chi connectivity index (χ1v) is 8.81. The number of hydrogen-bond acceptors (Lipinski definition) is 6. The van der Waals surface area contributed by atoms with Crippen LogP contribution in [0.3, 0.4) is 0 Å². The van der Waals surface area contributed by atoms with Crippen LogP contribution in [-0.4, -0.2) is 41.0 Å². The lowest BCUT2D eigenvalue weighted by Gasteiger charge is -2.13. The summed E-state index contributed by atoms with van der Waals surface area (Å²) in [6.07, 6.45) is 2.80. The molecule has 2 aromatic rings. The molecule has 2 heterocycles. The van der Waals surface area contributed by atoms with Crippen molar-refractivity contribution in [2.45, 2.75) is 38.9 Å². The maximum absolute atomic E-state index is 11.1. The maximum atomic E-state index is 11.1. The van der Waals surface area contributed by atoms with Crippen molar-refractivity contribution < 1.29 is 14.3 Å². The lowest BCUT2D eigenvalue weighted by atomic mass is 10.1. The van der Waals surface area contributed by atoms with E-state index < -0.39 is 0 Å². The number of carbonyl (C=O) groups excluding carboxylic acids is 1. The van der Waals surface area contributed by atoms with Gasteiger partial charge in [-0.05, 0) is 44.2 Å². The first-order chi connectivity index (χ1) is 12.6. The molecule has 0 aromatic carbocycles. The Morgan fingerprint density at radius 3 is 3.00 bits per heavy atom. The van der Waals surface area contributed by atoms with Crippen LogP contribution < -0.4 is 10.6 Å². The summed E-state index contributed by atoms with van der Waals surface area (Å²) >= 11 is 0. The normalized spacial score (nSPS) is 19.3. The van der Waals surface area contributed by atoms with Gasteiger partial charge < -0.3 is 20.1 Å². The molecule has 0 unspecified atom stereocenters. The summed E-state index contributed by atoms with van der Waals surface area (Å²) in [6.45, 7) is 3.05. The molecular formula is C18H25N5O3. The van der Waals surface area contributed by atoms with E-state index in [-0.39, 0.29) is 12.2 Å². The summed E-state index contributed by atoms with van der Waals surface area (Å²) in [4.78, 5) is 15.7. The van der Waals surface area contributed by atoms with E-state index in [1.54, 1.807) is 0 Å². The highest BCUT2D eigenvalue weighted by Crippen LogP contribution is 2.28. The van der Waals surface area contributed by atoms with E-state index in [0.29, 0.717) is 19.1 Å². The molecule has 2 atom stereocenters. The number of pyridine rings is 1. The number of aromatic nitrogens is 3. The Morgan fingerprint density at radius 2 is 2.23 bits per heavy atom. The number of anilines is 2. The van der Waals surface area contributed by atoms with Crippen molar-refractivity contribution >= 4 is 17.7 Å². The molecule has 3 N–H and O–H groups in total. The summed E-state index contributed by atoms with van der Waals surface area (Å²) in [5.74, 6) is 1.91. The summed E-state index contributed by atoms with van der Waals surface area (Å²) in [6, 6.07) is 7.72. The fourth-order valence-electron chi connectivity index (χ4n) is 3.11. The van der Waals surface area contributed by atoms with Crippen LogP contribution in [0.25, 0.3) is 0 Å². The van der Waals surface area contributed by atoms with Crippen molar-refractivity contribution in [3.8, 4) is 0 Å². The van der Waals surface area contributed by atoms with Gasteiger partial charge in [0.2, 0.25) is 0 Å². The van der Waals surface area contributed by atoms with Crippen molar-refractivity contribution in [3.63, 3.8) is 0 Å². The highest BCUT2D eigenvalue weighted by atomic mass is 16.5. The molecule has 1 amide bonds. The molecule has 2 aromatic heterocycles. The minimum absolute atomic E-state index is 0.201. The zero-order chi connectivity index (χ0) is 18.4. The zero-order valence-electron chi connectivity index (χ0n) is 15.1. The van der Waals surface area contributed by atoms with Gasteiger partial charge in [0.15, 0.2) is 5.82 Å². The Hall–Kier alpha value is -2.61. The van der Waals surface area contributed by atoms with E-state index in [4.69, 9.17) is 4.74 Å². The highest BCUT2D eigenvalue weighted by Gasteiger charge is 2.25. The van der Waals surface area contributed by atoms with Crippen LogP contribution in [0.4, 0.5) is 16.4 Å². The number of H-pyrrole nitrogens is 1. The van der Waals surface area contributed by atoms with Crippen molar-refractivity contribution in [3.05, 3.63) is 35.7 Å². The van der Waals surface area contributed by atoms with Crippen LogP contribution in [0.5, 0.6) is 0 Å². The molecule has 0 radical (unpaired) electrons. The predicted molar refractivity (Wildman–Crippen MR) is 97.2 cm³/mol. The van der Waals surface area contributed by atoms with Gasteiger partial charge >= 0.3 is 6.09 Å². The molecule has 8 nitrogen and oxygen atoms in total. The molecular weight excluding hydrogens is 334 g/mol. The molecule has 1 aliphatic rings. The Labute approximate surface area is 152 Å². The van der Waals surface area contributed by atoms with Crippen LogP contribution in [-0.2, 0) is 16.1 Å². The largest absolute Gasteiger partial charge is 0.453 e. The topological polar surface area (TPSA) is 101 Å². The quantitative estimate of drug-likeness (QED) is 0.703. The Balaban J connectivity index is 1.45. The Morgan fingerprint density at radius 1 is 1.35 bits per heavy atom. The Bertz CT molecular complexity index is 733. The third-order valence-electron chi connectivity index (χ3n) is 4.45. The van der Waals surface area contributed by atoms with Gasteiger partial charge in [0.25, 0.3) is 0 Å². The van der Waals surface area contributed by atoms with Crippen LogP contribution in [0.2, 0.25) is 0 Å². The van der Waals surface area contributed by atoms with Crippen LogP contribution in [0.15, 0.2) is 24.3 Å². The fraction of sp³-hybridized carbons (Fsp3) is 0.500. The van der Waals surface area contributed by atoms with Gasteiger partial charge in [-0.15, -0.1) is 0 Å². The van der Waals surface area contributed by atoms with Crippen LogP contribution in [0, 0.1) is 12.8 Å². The zero-order valence-corrected chi connectivity index (χ0v) is 15.1. The van der Waals surface area contributed by atoms with Gasteiger partial charge in [0.05, 0.1) is 25.5 Å². The van der Waals surface area contributed by atoms with E-state index in [1.807, 2.05) is 31.2 Å². The first-order valence-electron chi connectivity index (χ1n) is 8.81. The second-order valence-corrected chi connectivity index (χ2v) is 6.56. The van der Waals surface area contributed by atoms with Gasteiger partial charge in [-0.1, -0.05) is 6.07 Å². The monoisotopic (exact) mass is 359 g/mol. The number of nitrogens with one attached hydrogen (secondary N) is 3. The molecule has 8 heteroatoms. The number of nitrogens with zero attached hydrogens (tertiary/aromatic N) is 2. The third-order valence-corrected chi connectivity index (χ3v) is 4.45. The number of carbonyl (C=O) groups is 1. The van der Waals surface area contributed by atoms with Crippen molar-refractivity contribution in [1.82, 2.24) is 20.5 Å². The van der Waals surface area contributed by atoms with Crippen molar-refractivity contribution in [2.75, 3.05) is 19.0 Å². The maximum Gasteiger partial charge on any atom is 0.406 e. The van der Waals surface area contributed by atoms with Gasteiger partial charge in [-0.25, -0.2) is 9.78 Å². The standard InChI is InChI=1S/C18H25N5O3/c1-12-8-17(23-22-12)21-16-5-3-4-14(20-16)11-26-15-7-6-13(9-15)10-19-18(24)25-2/h3-5,8,13,15H,6-7,9-11H2,1-2H3,(H,19,24)(H2,20,21,22,23)/t13-,15-/m0/s1. The van der Waals surface area contributed by atoms with E-state index in [0.717, 1.165) is 42.3 Å². The predicted octanol–water partition coefficient (Wildman–Crippen LogP) is 2.90. The third kappa shape index (κ3) is 5.19. The number of ether oxygens (including phenoxy) is 2. The molecule has 140 valence electrons. The van der Waals surface area contributed by atoms with Gasteiger partial charge in [-0.2, -0.15) is 5.10 Å². The average Bonchev–Trinajstić information content (AvgIpc) is 3.27. The fourth-order valence-corrected chi connectivity index (χ4v) is 3.11. The smallest absolute Gasteiger partial charge is 0.406 e. The SMILES string of the molecule is COC(=O)NC[C@H]1CC[C@H](OCc2cccc(Nc3cc(C)[nH]n3)n2)C1. The van der Waals surface area contributed by atoms with E-state index >= 15 is 0 Å². The summed E-state index contributed by atoms with van der Waals surface area (Å²) < 4.78 is 10.6. The number of aromatic amines is 1. The number of alkyl carbamates (subject to hydrolysis) is 1. The average molecular weight is 359 g/mol. The molecule has 0 bridgehead atoms. The summed E-state index contributed by atoms with van der Waals surface area (Å²) in [5, 5.41) is 13.0. The van der Waals surface area contributed by atoms with Crippen molar-refractivity contribution in [1.29, 1.82) is 0 Å². The lowest BCUT2D eigenvalue weighted by Crippen LogP contribution is -2.28. The molecule has 1 aliphatic carbocycles.